The van der Waals surface area contributed by atoms with E-state index >= 15 is 0 Å². The molecule has 19 heavy (non-hydrogen) atoms. The lowest BCUT2D eigenvalue weighted by Crippen LogP contribution is -2.14. The Balaban J connectivity index is 2.27. The normalized spacial score (nSPS) is 10.1. The van der Waals surface area contributed by atoms with E-state index in [0.29, 0.717) is 11.4 Å². The molecule has 0 bridgehead atoms. The second-order valence-corrected chi connectivity index (χ2v) is 3.90. The summed E-state index contributed by atoms with van der Waals surface area (Å²) in [4.78, 5) is 12.0. The van der Waals surface area contributed by atoms with E-state index in [4.69, 9.17) is 0 Å². The highest BCUT2D eigenvalue weighted by molar-refractivity contribution is 6.08. The van der Waals surface area contributed by atoms with Crippen molar-refractivity contribution in [3.8, 4) is 0 Å². The van der Waals surface area contributed by atoms with Crippen molar-refractivity contribution in [1.29, 1.82) is 0 Å². The number of carbonyl (C=O) groups is 1. The standard InChI is InChI=1S/C14H12F2N2O/c1-17-13-6-5-10(16)8-12(13)14(19)18-11-4-2-3-9(15)7-11/h2-8,17H,1H3,(H,18,19). The molecule has 5 heteroatoms. The van der Waals surface area contributed by atoms with Crippen LogP contribution in [0.25, 0.3) is 0 Å². The molecule has 0 aliphatic carbocycles. The molecule has 0 aliphatic rings. The van der Waals surface area contributed by atoms with Crippen molar-refractivity contribution in [2.45, 2.75) is 0 Å². The quantitative estimate of drug-likeness (QED) is 0.891. The minimum Gasteiger partial charge on any atom is -0.387 e. The van der Waals surface area contributed by atoms with Crippen LogP contribution < -0.4 is 10.6 Å². The van der Waals surface area contributed by atoms with Crippen LogP contribution in [0.5, 0.6) is 0 Å². The number of amides is 1. The Kier molecular flexibility index (Phi) is 3.75. The monoisotopic (exact) mass is 262 g/mol. The summed E-state index contributed by atoms with van der Waals surface area (Å²) in [6.45, 7) is 0. The number of carbonyl (C=O) groups excluding carboxylic acids is 1. The SMILES string of the molecule is CNc1ccc(F)cc1C(=O)Nc1cccc(F)c1. The molecule has 0 unspecified atom stereocenters. The fraction of sp³-hybridized carbons (Fsp3) is 0.0714. The molecule has 2 aromatic carbocycles. The number of anilines is 2. The first-order valence-corrected chi connectivity index (χ1v) is 5.64. The van der Waals surface area contributed by atoms with Crippen LogP contribution in [0.4, 0.5) is 20.2 Å². The average Bonchev–Trinajstić information content (AvgIpc) is 2.38. The van der Waals surface area contributed by atoms with Crippen molar-refractivity contribution in [2.24, 2.45) is 0 Å². The first-order chi connectivity index (χ1) is 9.10. The Morgan fingerprint density at radius 2 is 1.79 bits per heavy atom. The van der Waals surface area contributed by atoms with Crippen molar-refractivity contribution < 1.29 is 13.6 Å². The third-order valence-electron chi connectivity index (χ3n) is 2.58. The summed E-state index contributed by atoms with van der Waals surface area (Å²) in [5, 5.41) is 5.31. The molecule has 0 aliphatic heterocycles. The first-order valence-electron chi connectivity index (χ1n) is 5.64. The largest absolute Gasteiger partial charge is 0.387 e. The van der Waals surface area contributed by atoms with Gasteiger partial charge in [-0.15, -0.1) is 0 Å². The minimum atomic E-state index is -0.511. The van der Waals surface area contributed by atoms with Gasteiger partial charge in [0.25, 0.3) is 5.91 Å². The summed E-state index contributed by atoms with van der Waals surface area (Å²) < 4.78 is 26.2. The van der Waals surface area contributed by atoms with Gasteiger partial charge in [-0.1, -0.05) is 6.07 Å². The number of rotatable bonds is 3. The van der Waals surface area contributed by atoms with E-state index in [1.54, 1.807) is 13.1 Å². The van der Waals surface area contributed by atoms with Gasteiger partial charge in [-0.2, -0.15) is 0 Å². The van der Waals surface area contributed by atoms with Crippen LogP contribution in [-0.4, -0.2) is 13.0 Å². The van der Waals surface area contributed by atoms with Crippen LogP contribution in [0.2, 0.25) is 0 Å². The van der Waals surface area contributed by atoms with Gasteiger partial charge in [0.1, 0.15) is 11.6 Å². The predicted molar refractivity (Wildman–Crippen MR) is 70.3 cm³/mol. The zero-order valence-corrected chi connectivity index (χ0v) is 10.2. The summed E-state index contributed by atoms with van der Waals surface area (Å²) in [5.74, 6) is -1.47. The molecule has 2 N–H and O–H groups in total. The Labute approximate surface area is 109 Å². The maximum atomic E-state index is 13.2. The lowest BCUT2D eigenvalue weighted by atomic mass is 10.1. The summed E-state index contributed by atoms with van der Waals surface area (Å²) in [7, 11) is 1.63. The molecule has 0 spiro atoms. The predicted octanol–water partition coefficient (Wildman–Crippen LogP) is 3.26. The molecule has 0 saturated carbocycles. The van der Waals surface area contributed by atoms with E-state index in [1.807, 2.05) is 0 Å². The van der Waals surface area contributed by atoms with Crippen molar-refractivity contribution in [2.75, 3.05) is 17.7 Å². The number of nitrogens with one attached hydrogen (secondary N) is 2. The van der Waals surface area contributed by atoms with Gasteiger partial charge in [-0.25, -0.2) is 8.78 Å². The third-order valence-corrected chi connectivity index (χ3v) is 2.58. The molecule has 2 rings (SSSR count). The zero-order chi connectivity index (χ0) is 13.8. The lowest BCUT2D eigenvalue weighted by Gasteiger charge is -2.10. The highest BCUT2D eigenvalue weighted by Gasteiger charge is 2.12. The molecule has 0 heterocycles. The maximum absolute atomic E-state index is 13.2. The van der Waals surface area contributed by atoms with E-state index < -0.39 is 17.5 Å². The van der Waals surface area contributed by atoms with Crippen molar-refractivity contribution in [3.63, 3.8) is 0 Å². The molecule has 0 fully saturated rings. The fourth-order valence-electron chi connectivity index (χ4n) is 1.69. The Morgan fingerprint density at radius 1 is 1.05 bits per heavy atom. The van der Waals surface area contributed by atoms with E-state index in [1.165, 1.54) is 30.3 Å². The molecule has 1 amide bonds. The Morgan fingerprint density at radius 3 is 2.47 bits per heavy atom. The lowest BCUT2D eigenvalue weighted by molar-refractivity contribution is 0.102. The molecule has 3 nitrogen and oxygen atoms in total. The fourth-order valence-corrected chi connectivity index (χ4v) is 1.69. The van der Waals surface area contributed by atoms with Crippen molar-refractivity contribution >= 4 is 17.3 Å². The topological polar surface area (TPSA) is 41.1 Å². The molecule has 98 valence electrons. The molecular weight excluding hydrogens is 250 g/mol. The first kappa shape index (κ1) is 13.0. The number of benzene rings is 2. The van der Waals surface area contributed by atoms with Crippen LogP contribution in [0, 0.1) is 11.6 Å². The van der Waals surface area contributed by atoms with E-state index in [0.717, 1.165) is 6.07 Å². The van der Waals surface area contributed by atoms with Crippen LogP contribution in [0.15, 0.2) is 42.5 Å². The summed E-state index contributed by atoms with van der Waals surface area (Å²) in [6.07, 6.45) is 0. The van der Waals surface area contributed by atoms with E-state index in [-0.39, 0.29) is 5.56 Å². The molecule has 0 aromatic heterocycles. The van der Waals surface area contributed by atoms with Gasteiger partial charge in [0.2, 0.25) is 0 Å². The van der Waals surface area contributed by atoms with Gasteiger partial charge in [-0.3, -0.25) is 4.79 Å². The number of hydrogen-bond donors (Lipinski definition) is 2. The van der Waals surface area contributed by atoms with Gasteiger partial charge in [0.05, 0.1) is 5.56 Å². The van der Waals surface area contributed by atoms with E-state index in [9.17, 15) is 13.6 Å². The molecule has 0 radical (unpaired) electrons. The molecule has 0 saturated heterocycles. The van der Waals surface area contributed by atoms with Crippen LogP contribution in [-0.2, 0) is 0 Å². The van der Waals surface area contributed by atoms with Gasteiger partial charge >= 0.3 is 0 Å². The van der Waals surface area contributed by atoms with Crippen molar-refractivity contribution in [1.82, 2.24) is 0 Å². The maximum Gasteiger partial charge on any atom is 0.257 e. The summed E-state index contributed by atoms with van der Waals surface area (Å²) in [5.41, 5.74) is 0.971. The second-order valence-electron chi connectivity index (χ2n) is 3.90. The smallest absolute Gasteiger partial charge is 0.257 e. The Bertz CT molecular complexity index is 614. The highest BCUT2D eigenvalue weighted by Crippen LogP contribution is 2.18. The minimum absolute atomic E-state index is 0.159. The van der Waals surface area contributed by atoms with Crippen LogP contribution in [0.1, 0.15) is 10.4 Å². The van der Waals surface area contributed by atoms with Crippen LogP contribution in [0.3, 0.4) is 0 Å². The van der Waals surface area contributed by atoms with Gasteiger partial charge in [0.15, 0.2) is 0 Å². The van der Waals surface area contributed by atoms with Gasteiger partial charge in [-0.05, 0) is 36.4 Å². The van der Waals surface area contributed by atoms with Gasteiger partial charge in [0, 0.05) is 18.4 Å². The Hall–Kier alpha value is -2.43. The molecular formula is C14H12F2N2O. The average molecular weight is 262 g/mol. The molecule has 0 atom stereocenters. The zero-order valence-electron chi connectivity index (χ0n) is 10.2. The molecule has 2 aromatic rings. The summed E-state index contributed by atoms with van der Waals surface area (Å²) >= 11 is 0. The number of halogens is 2. The van der Waals surface area contributed by atoms with Gasteiger partial charge < -0.3 is 10.6 Å². The van der Waals surface area contributed by atoms with Crippen molar-refractivity contribution in [3.05, 3.63) is 59.7 Å². The van der Waals surface area contributed by atoms with E-state index in [2.05, 4.69) is 10.6 Å². The second kappa shape index (κ2) is 5.48. The third kappa shape index (κ3) is 3.07. The van der Waals surface area contributed by atoms with Crippen LogP contribution >= 0.6 is 0 Å². The highest BCUT2D eigenvalue weighted by atomic mass is 19.1. The summed E-state index contributed by atoms with van der Waals surface area (Å²) in [6, 6.07) is 9.35. The number of hydrogen-bond acceptors (Lipinski definition) is 2.